The van der Waals surface area contributed by atoms with E-state index in [1.165, 1.54) is 0 Å². The third-order valence-electron chi connectivity index (χ3n) is 2.18. The molecule has 2 atom stereocenters. The lowest BCUT2D eigenvalue weighted by Crippen LogP contribution is -2.31. The molecule has 0 bridgehead atoms. The fourth-order valence-corrected chi connectivity index (χ4v) is 1.69. The fourth-order valence-electron chi connectivity index (χ4n) is 1.69. The van der Waals surface area contributed by atoms with Crippen molar-refractivity contribution in [2.24, 2.45) is 0 Å². The number of ether oxygens (including phenoxy) is 3. The lowest BCUT2D eigenvalue weighted by Gasteiger charge is -2.27. The van der Waals surface area contributed by atoms with E-state index in [2.05, 4.69) is 13.2 Å². The summed E-state index contributed by atoms with van der Waals surface area (Å²) in [5.41, 5.74) is -0.367. The van der Waals surface area contributed by atoms with Crippen LogP contribution in [0.4, 0.5) is 0 Å². The molecule has 1 unspecified atom stereocenters. The molecule has 4 nitrogen and oxygen atoms in total. The van der Waals surface area contributed by atoms with Crippen molar-refractivity contribution in [3.63, 3.8) is 0 Å². The molecule has 4 heteroatoms. The zero-order valence-electron chi connectivity index (χ0n) is 11.2. The van der Waals surface area contributed by atoms with E-state index in [0.29, 0.717) is 5.76 Å². The Kier molecular flexibility index (Phi) is 3.60. The van der Waals surface area contributed by atoms with Crippen molar-refractivity contribution in [3.8, 4) is 0 Å². The van der Waals surface area contributed by atoms with Crippen LogP contribution < -0.4 is 0 Å². The van der Waals surface area contributed by atoms with Crippen molar-refractivity contribution < 1.29 is 19.3 Å². The first kappa shape index (κ1) is 14.1. The molecule has 0 aliphatic carbocycles. The lowest BCUT2D eigenvalue weighted by atomic mass is 10.1. The fraction of sp³-hybridized carbons (Fsp3) is 0.692. The third-order valence-corrected chi connectivity index (χ3v) is 2.18. The molecule has 1 N–H and O–H groups in total. The summed E-state index contributed by atoms with van der Waals surface area (Å²) in [7, 11) is 0. The van der Waals surface area contributed by atoms with Crippen molar-refractivity contribution >= 4 is 0 Å². The molecule has 1 saturated heterocycles. The molecule has 1 heterocycles. The maximum absolute atomic E-state index is 9.51. The quantitative estimate of drug-likeness (QED) is 0.773. The summed E-state index contributed by atoms with van der Waals surface area (Å²) in [5.74, 6) is -0.437. The van der Waals surface area contributed by atoms with Gasteiger partial charge in [-0.1, -0.05) is 13.2 Å². The van der Waals surface area contributed by atoms with Gasteiger partial charge < -0.3 is 19.3 Å². The van der Waals surface area contributed by atoms with Crippen LogP contribution in [0.25, 0.3) is 0 Å². The number of rotatable bonds is 3. The summed E-state index contributed by atoms with van der Waals surface area (Å²) in [4.78, 5) is 0. The highest BCUT2D eigenvalue weighted by atomic mass is 16.8. The lowest BCUT2D eigenvalue weighted by molar-refractivity contribution is -0.147. The molecule has 17 heavy (non-hydrogen) atoms. The summed E-state index contributed by atoms with van der Waals surface area (Å²) in [5, 5.41) is 9.51. The molecule has 0 spiro atoms. The van der Waals surface area contributed by atoms with E-state index in [1.54, 1.807) is 13.8 Å². The van der Waals surface area contributed by atoms with Gasteiger partial charge >= 0.3 is 0 Å². The average Bonchev–Trinajstić information content (AvgIpc) is 2.38. The minimum atomic E-state index is -0.787. The average molecular weight is 242 g/mol. The SMILES string of the molecule is C=C(OC(C)(C)C)C1OC(C)(C)O[C@H]1C(=C)O. The second-order valence-corrected chi connectivity index (χ2v) is 5.65. The zero-order chi connectivity index (χ0) is 13.4. The Morgan fingerprint density at radius 2 is 1.65 bits per heavy atom. The van der Waals surface area contributed by atoms with Crippen LogP contribution in [0, 0.1) is 0 Å². The predicted octanol–water partition coefficient (Wildman–Crippen LogP) is 2.91. The Hall–Kier alpha value is -1.00. The molecule has 0 amide bonds. The van der Waals surface area contributed by atoms with Crippen molar-refractivity contribution in [2.75, 3.05) is 0 Å². The molecule has 1 aliphatic heterocycles. The Bertz CT molecular complexity index is 325. The van der Waals surface area contributed by atoms with E-state index in [4.69, 9.17) is 14.2 Å². The van der Waals surface area contributed by atoms with Crippen LogP contribution in [0.1, 0.15) is 34.6 Å². The molecular weight excluding hydrogens is 220 g/mol. The Balaban J connectivity index is 2.81. The van der Waals surface area contributed by atoms with Gasteiger partial charge in [-0.05, 0) is 34.6 Å². The highest BCUT2D eigenvalue weighted by molar-refractivity contribution is 5.11. The van der Waals surface area contributed by atoms with E-state index in [9.17, 15) is 5.11 Å². The maximum Gasteiger partial charge on any atom is 0.165 e. The van der Waals surface area contributed by atoms with Gasteiger partial charge in [0, 0.05) is 0 Å². The zero-order valence-corrected chi connectivity index (χ0v) is 11.2. The van der Waals surface area contributed by atoms with E-state index in [-0.39, 0.29) is 11.4 Å². The molecule has 0 aromatic heterocycles. The first-order chi connectivity index (χ1) is 7.52. The van der Waals surface area contributed by atoms with Crippen LogP contribution in [0.5, 0.6) is 0 Å². The topological polar surface area (TPSA) is 47.9 Å². The van der Waals surface area contributed by atoms with Crippen LogP contribution in [-0.4, -0.2) is 28.7 Å². The smallest absolute Gasteiger partial charge is 0.165 e. The molecule has 0 aromatic rings. The van der Waals surface area contributed by atoms with Crippen molar-refractivity contribution in [3.05, 3.63) is 24.7 Å². The highest BCUT2D eigenvalue weighted by Gasteiger charge is 2.45. The van der Waals surface area contributed by atoms with E-state index in [1.807, 2.05) is 20.8 Å². The number of aliphatic hydroxyl groups is 1. The largest absolute Gasteiger partial charge is 0.510 e. The van der Waals surface area contributed by atoms with E-state index in [0.717, 1.165) is 0 Å². The molecule has 1 fully saturated rings. The first-order valence-corrected chi connectivity index (χ1v) is 5.63. The number of aliphatic hydroxyl groups excluding tert-OH is 1. The molecule has 0 saturated carbocycles. The van der Waals surface area contributed by atoms with Crippen LogP contribution in [0.2, 0.25) is 0 Å². The van der Waals surface area contributed by atoms with Crippen LogP contribution >= 0.6 is 0 Å². The van der Waals surface area contributed by atoms with Gasteiger partial charge in [0.2, 0.25) is 0 Å². The molecule has 1 aliphatic rings. The summed E-state index contributed by atoms with van der Waals surface area (Å²) in [6.45, 7) is 16.6. The minimum Gasteiger partial charge on any atom is -0.510 e. The number of hydrogen-bond acceptors (Lipinski definition) is 4. The standard InChI is InChI=1S/C13H22O4/c1-8(14)10-11(17-13(6,7)16-10)9(2)15-12(3,4)5/h10-11,14H,1-2H2,3-7H3/t10-,11?/m0/s1. The molecule has 0 radical (unpaired) electrons. The number of hydrogen-bond donors (Lipinski definition) is 1. The Morgan fingerprint density at radius 3 is 2.06 bits per heavy atom. The Labute approximate surface area is 103 Å². The van der Waals surface area contributed by atoms with Gasteiger partial charge in [-0.25, -0.2) is 0 Å². The van der Waals surface area contributed by atoms with Crippen molar-refractivity contribution in [1.29, 1.82) is 0 Å². The molecule has 98 valence electrons. The van der Waals surface area contributed by atoms with Gasteiger partial charge in [0.05, 0.1) is 0 Å². The van der Waals surface area contributed by atoms with Crippen LogP contribution in [-0.2, 0) is 14.2 Å². The third kappa shape index (κ3) is 3.75. The van der Waals surface area contributed by atoms with Gasteiger partial charge in [0.25, 0.3) is 0 Å². The second-order valence-electron chi connectivity index (χ2n) is 5.65. The van der Waals surface area contributed by atoms with Gasteiger partial charge in [-0.15, -0.1) is 0 Å². The summed E-state index contributed by atoms with van der Waals surface area (Å²) in [6, 6.07) is 0. The normalized spacial score (nSPS) is 27.8. The molecule has 1 rings (SSSR count). The first-order valence-electron chi connectivity index (χ1n) is 5.63. The van der Waals surface area contributed by atoms with Crippen LogP contribution in [0.15, 0.2) is 24.7 Å². The van der Waals surface area contributed by atoms with Crippen molar-refractivity contribution in [1.82, 2.24) is 0 Å². The summed E-state index contributed by atoms with van der Waals surface area (Å²) in [6.07, 6.45) is -1.18. The highest BCUT2D eigenvalue weighted by Crippen LogP contribution is 2.35. The monoisotopic (exact) mass is 242 g/mol. The Morgan fingerprint density at radius 1 is 1.18 bits per heavy atom. The predicted molar refractivity (Wildman–Crippen MR) is 65.6 cm³/mol. The van der Waals surface area contributed by atoms with E-state index < -0.39 is 18.0 Å². The molecule has 0 aromatic carbocycles. The molecular formula is C13H22O4. The van der Waals surface area contributed by atoms with Gasteiger partial charge in [0.15, 0.2) is 18.0 Å². The second kappa shape index (κ2) is 4.35. The van der Waals surface area contributed by atoms with Crippen molar-refractivity contribution in [2.45, 2.75) is 58.2 Å². The van der Waals surface area contributed by atoms with Gasteiger partial charge in [-0.3, -0.25) is 0 Å². The van der Waals surface area contributed by atoms with Gasteiger partial charge in [-0.2, -0.15) is 0 Å². The summed E-state index contributed by atoms with van der Waals surface area (Å²) < 4.78 is 16.9. The van der Waals surface area contributed by atoms with E-state index >= 15 is 0 Å². The maximum atomic E-state index is 9.51. The minimum absolute atomic E-state index is 0.0840. The summed E-state index contributed by atoms with van der Waals surface area (Å²) >= 11 is 0. The van der Waals surface area contributed by atoms with Gasteiger partial charge in [0.1, 0.15) is 17.1 Å². The van der Waals surface area contributed by atoms with Crippen LogP contribution in [0.3, 0.4) is 0 Å².